The summed E-state index contributed by atoms with van der Waals surface area (Å²) in [5.74, 6) is 0.514. The zero-order chi connectivity index (χ0) is 22.6. The lowest BCUT2D eigenvalue weighted by Crippen LogP contribution is -2.29. The van der Waals surface area contributed by atoms with Crippen molar-refractivity contribution in [3.8, 4) is 11.5 Å². The monoisotopic (exact) mass is 512 g/mol. The van der Waals surface area contributed by atoms with E-state index < -0.39 is 11.9 Å². The molecular formula is C23H17BrN2O5S. The fraction of sp³-hybridized carbons (Fsp3) is 0.174. The fourth-order valence-electron chi connectivity index (χ4n) is 4.02. The van der Waals surface area contributed by atoms with Crippen LogP contribution >= 0.6 is 27.3 Å². The first-order valence-electron chi connectivity index (χ1n) is 9.67. The molecule has 7 nitrogen and oxygen atoms in total. The number of thiazole rings is 1. The second-order valence-corrected chi connectivity index (χ2v) is 9.00. The number of rotatable bonds is 4. The van der Waals surface area contributed by atoms with Crippen molar-refractivity contribution in [3.63, 3.8) is 0 Å². The van der Waals surface area contributed by atoms with E-state index in [0.717, 1.165) is 10.2 Å². The van der Waals surface area contributed by atoms with Crippen LogP contribution in [0.4, 0.5) is 5.13 Å². The number of para-hydroxylation sites is 1. The summed E-state index contributed by atoms with van der Waals surface area (Å²) in [5, 5.41) is 2.71. The summed E-state index contributed by atoms with van der Waals surface area (Å²) >= 11 is 4.74. The molecule has 0 saturated carbocycles. The maximum absolute atomic E-state index is 13.7. The Morgan fingerprint density at radius 2 is 1.97 bits per heavy atom. The van der Waals surface area contributed by atoms with E-state index in [2.05, 4.69) is 20.9 Å². The summed E-state index contributed by atoms with van der Waals surface area (Å²) in [5.41, 5.74) is 1.70. The summed E-state index contributed by atoms with van der Waals surface area (Å²) in [6.45, 7) is 1.85. The Labute approximate surface area is 195 Å². The smallest absolute Gasteiger partial charge is 0.297 e. The maximum atomic E-state index is 13.7. The van der Waals surface area contributed by atoms with Crippen molar-refractivity contribution in [3.05, 3.63) is 79.1 Å². The van der Waals surface area contributed by atoms with Crippen LogP contribution in [0.5, 0.6) is 11.5 Å². The number of carbonyl (C=O) groups is 1. The Morgan fingerprint density at radius 3 is 2.66 bits per heavy atom. The SMILES string of the molecule is COc1cccc(C2c3c(oc4ccc(Br)cc4c3=O)C(=O)N2c2nc(C)cs2)c1OC. The topological polar surface area (TPSA) is 81.9 Å². The van der Waals surface area contributed by atoms with Gasteiger partial charge in [-0.25, -0.2) is 4.98 Å². The molecule has 2 aromatic carbocycles. The van der Waals surface area contributed by atoms with Gasteiger partial charge in [-0.2, -0.15) is 0 Å². The molecule has 0 spiro atoms. The minimum absolute atomic E-state index is 0.00699. The number of aromatic nitrogens is 1. The largest absolute Gasteiger partial charge is 0.493 e. The lowest BCUT2D eigenvalue weighted by atomic mass is 9.97. The normalized spacial score (nSPS) is 15.3. The third-order valence-electron chi connectivity index (χ3n) is 5.37. The second-order valence-electron chi connectivity index (χ2n) is 7.25. The number of halogens is 1. The van der Waals surface area contributed by atoms with E-state index in [0.29, 0.717) is 33.2 Å². The maximum Gasteiger partial charge on any atom is 0.297 e. The predicted octanol–water partition coefficient (Wildman–Crippen LogP) is 5.09. The molecule has 32 heavy (non-hydrogen) atoms. The number of amides is 1. The van der Waals surface area contributed by atoms with E-state index in [1.165, 1.54) is 30.5 Å². The van der Waals surface area contributed by atoms with Crippen LogP contribution in [0, 0.1) is 6.92 Å². The highest BCUT2D eigenvalue weighted by Crippen LogP contribution is 2.46. The van der Waals surface area contributed by atoms with Gasteiger partial charge in [-0.1, -0.05) is 28.1 Å². The standard InChI is InChI=1S/C23H17BrN2O5S/c1-11-10-32-23(25-11)26-18(13-5-4-6-16(29-2)20(13)30-3)17-19(27)14-9-12(24)7-8-15(14)31-21(17)22(26)28/h4-10,18H,1-3H3. The summed E-state index contributed by atoms with van der Waals surface area (Å²) in [7, 11) is 3.06. The lowest BCUT2D eigenvalue weighted by molar-refractivity contribution is 0.0970. The number of carbonyl (C=O) groups excluding carboxylic acids is 1. The Balaban J connectivity index is 1.86. The van der Waals surface area contributed by atoms with Crippen molar-refractivity contribution in [2.24, 2.45) is 0 Å². The minimum atomic E-state index is -0.785. The quantitative estimate of drug-likeness (QED) is 0.378. The van der Waals surface area contributed by atoms with Crippen LogP contribution in [0.2, 0.25) is 0 Å². The van der Waals surface area contributed by atoms with Gasteiger partial charge in [0.15, 0.2) is 22.1 Å². The summed E-state index contributed by atoms with van der Waals surface area (Å²) in [4.78, 5) is 33.3. The highest BCUT2D eigenvalue weighted by Gasteiger charge is 2.46. The van der Waals surface area contributed by atoms with Gasteiger partial charge in [0.25, 0.3) is 5.91 Å². The average Bonchev–Trinajstić information content (AvgIpc) is 3.34. The van der Waals surface area contributed by atoms with Crippen LogP contribution in [-0.4, -0.2) is 25.1 Å². The number of hydrogen-bond acceptors (Lipinski definition) is 7. The van der Waals surface area contributed by atoms with Crippen LogP contribution < -0.4 is 19.8 Å². The van der Waals surface area contributed by atoms with Crippen molar-refractivity contribution >= 4 is 49.3 Å². The molecule has 3 heterocycles. The van der Waals surface area contributed by atoms with Gasteiger partial charge in [-0.3, -0.25) is 14.5 Å². The first-order valence-corrected chi connectivity index (χ1v) is 11.3. The number of aryl methyl sites for hydroxylation is 1. The number of hydrogen-bond donors (Lipinski definition) is 0. The molecule has 1 aliphatic heterocycles. The van der Waals surface area contributed by atoms with E-state index in [9.17, 15) is 9.59 Å². The van der Waals surface area contributed by atoms with E-state index >= 15 is 0 Å². The van der Waals surface area contributed by atoms with Crippen molar-refractivity contribution in [2.75, 3.05) is 19.1 Å². The molecule has 0 fully saturated rings. The molecule has 0 radical (unpaired) electrons. The molecule has 162 valence electrons. The lowest BCUT2D eigenvalue weighted by Gasteiger charge is -2.24. The van der Waals surface area contributed by atoms with Gasteiger partial charge in [0.05, 0.1) is 30.9 Å². The van der Waals surface area contributed by atoms with Gasteiger partial charge in [0.1, 0.15) is 11.6 Å². The molecule has 0 aliphatic carbocycles. The van der Waals surface area contributed by atoms with E-state index in [1.54, 1.807) is 30.3 Å². The average molecular weight is 513 g/mol. The second kappa shape index (κ2) is 7.75. The molecular weight excluding hydrogens is 496 g/mol. The molecule has 0 N–H and O–H groups in total. The Morgan fingerprint density at radius 1 is 1.16 bits per heavy atom. The molecule has 2 aromatic heterocycles. The highest BCUT2D eigenvalue weighted by atomic mass is 79.9. The number of fused-ring (bicyclic) bond motifs is 2. The number of ether oxygens (including phenoxy) is 2. The number of benzene rings is 2. The molecule has 4 aromatic rings. The van der Waals surface area contributed by atoms with Gasteiger partial charge in [0.2, 0.25) is 5.76 Å². The first-order chi connectivity index (χ1) is 15.4. The Hall–Kier alpha value is -3.17. The van der Waals surface area contributed by atoms with Gasteiger partial charge in [0, 0.05) is 15.4 Å². The van der Waals surface area contributed by atoms with E-state index in [4.69, 9.17) is 13.9 Å². The van der Waals surface area contributed by atoms with Crippen molar-refractivity contribution < 1.29 is 18.7 Å². The molecule has 1 unspecified atom stereocenters. The fourth-order valence-corrected chi connectivity index (χ4v) is 5.20. The number of methoxy groups -OCH3 is 2. The van der Waals surface area contributed by atoms with Gasteiger partial charge < -0.3 is 13.9 Å². The Bertz CT molecular complexity index is 1440. The summed E-state index contributed by atoms with van der Waals surface area (Å²) in [6, 6.07) is 9.72. The third-order valence-corrected chi connectivity index (χ3v) is 6.82. The van der Waals surface area contributed by atoms with Gasteiger partial charge in [-0.05, 0) is 31.2 Å². The summed E-state index contributed by atoms with van der Waals surface area (Å²) in [6.07, 6.45) is 0. The van der Waals surface area contributed by atoms with Crippen LogP contribution in [0.25, 0.3) is 11.0 Å². The van der Waals surface area contributed by atoms with Crippen LogP contribution in [0.1, 0.15) is 33.4 Å². The third kappa shape index (κ3) is 3.03. The molecule has 0 bridgehead atoms. The number of anilines is 1. The first kappa shape index (κ1) is 20.7. The predicted molar refractivity (Wildman–Crippen MR) is 125 cm³/mol. The molecule has 0 saturated heterocycles. The van der Waals surface area contributed by atoms with Gasteiger partial charge in [-0.15, -0.1) is 11.3 Å². The van der Waals surface area contributed by atoms with Crippen molar-refractivity contribution in [1.82, 2.24) is 4.98 Å². The molecule has 5 rings (SSSR count). The summed E-state index contributed by atoms with van der Waals surface area (Å²) < 4.78 is 17.8. The highest BCUT2D eigenvalue weighted by molar-refractivity contribution is 9.10. The van der Waals surface area contributed by atoms with E-state index in [1.807, 2.05) is 18.4 Å². The zero-order valence-electron chi connectivity index (χ0n) is 17.3. The molecule has 1 amide bonds. The van der Waals surface area contributed by atoms with Gasteiger partial charge >= 0.3 is 0 Å². The van der Waals surface area contributed by atoms with Crippen LogP contribution in [0.15, 0.2) is 55.5 Å². The van der Waals surface area contributed by atoms with E-state index in [-0.39, 0.29) is 16.8 Å². The number of nitrogens with zero attached hydrogens (tertiary/aromatic N) is 2. The minimum Gasteiger partial charge on any atom is -0.493 e. The molecule has 1 atom stereocenters. The van der Waals surface area contributed by atoms with Crippen molar-refractivity contribution in [1.29, 1.82) is 0 Å². The van der Waals surface area contributed by atoms with Crippen LogP contribution in [0.3, 0.4) is 0 Å². The Kier molecular flexibility index (Phi) is 5.02. The van der Waals surface area contributed by atoms with Crippen LogP contribution in [-0.2, 0) is 0 Å². The zero-order valence-corrected chi connectivity index (χ0v) is 19.7. The molecule has 1 aliphatic rings. The van der Waals surface area contributed by atoms with Crippen molar-refractivity contribution in [2.45, 2.75) is 13.0 Å². The molecule has 9 heteroatoms.